The van der Waals surface area contributed by atoms with Crippen molar-refractivity contribution in [2.24, 2.45) is 0 Å². The number of nitrogens with zero attached hydrogens (tertiary/aromatic N) is 2. The summed E-state index contributed by atoms with van der Waals surface area (Å²) >= 11 is 0. The van der Waals surface area contributed by atoms with E-state index in [9.17, 15) is 13.2 Å². The predicted molar refractivity (Wildman–Crippen MR) is 82.3 cm³/mol. The van der Waals surface area contributed by atoms with Crippen molar-refractivity contribution in [3.05, 3.63) is 34.4 Å². The highest BCUT2D eigenvalue weighted by Crippen LogP contribution is 2.34. The zero-order valence-electron chi connectivity index (χ0n) is 14.3. The summed E-state index contributed by atoms with van der Waals surface area (Å²) in [6, 6.07) is 1.08. The monoisotopic (exact) mass is 328 g/mol. The Labute approximate surface area is 133 Å². The number of halogens is 3. The summed E-state index contributed by atoms with van der Waals surface area (Å²) in [6.45, 7) is 12.0. The highest BCUT2D eigenvalue weighted by Gasteiger charge is 2.36. The van der Waals surface area contributed by atoms with E-state index in [-0.39, 0.29) is 5.41 Å². The molecule has 7 heteroatoms. The first-order chi connectivity index (χ1) is 10.3. The lowest BCUT2D eigenvalue weighted by Crippen LogP contribution is -2.22. The van der Waals surface area contributed by atoms with Gasteiger partial charge in [0.1, 0.15) is 5.69 Å². The Morgan fingerprint density at radius 1 is 1.00 bits per heavy atom. The Kier molecular flexibility index (Phi) is 4.11. The fourth-order valence-corrected chi connectivity index (χ4v) is 2.68. The molecule has 0 radical (unpaired) electrons. The van der Waals surface area contributed by atoms with Gasteiger partial charge >= 0.3 is 6.18 Å². The van der Waals surface area contributed by atoms with Gasteiger partial charge in [0.15, 0.2) is 0 Å². The van der Waals surface area contributed by atoms with Gasteiger partial charge < -0.3 is 0 Å². The van der Waals surface area contributed by atoms with Gasteiger partial charge in [-0.3, -0.25) is 10.2 Å². The van der Waals surface area contributed by atoms with Gasteiger partial charge in [0.25, 0.3) is 0 Å². The molecule has 0 aromatic carbocycles. The molecule has 128 valence electrons. The zero-order chi connectivity index (χ0) is 17.6. The smallest absolute Gasteiger partial charge is 0.282 e. The molecule has 0 aliphatic heterocycles. The molecule has 0 bridgehead atoms. The first kappa shape index (κ1) is 17.6. The molecule has 2 rings (SSSR count). The van der Waals surface area contributed by atoms with Crippen LogP contribution in [0.15, 0.2) is 6.07 Å². The second-order valence-corrected chi connectivity index (χ2v) is 7.65. The molecule has 2 heterocycles. The fraction of sp³-hybridized carbons (Fsp3) is 0.625. The van der Waals surface area contributed by atoms with E-state index in [0.717, 1.165) is 23.0 Å². The summed E-state index contributed by atoms with van der Waals surface area (Å²) in [5, 5.41) is 13.3. The Balaban J connectivity index is 2.28. The Morgan fingerprint density at radius 3 is 2.04 bits per heavy atom. The molecule has 23 heavy (non-hydrogen) atoms. The normalized spacial score (nSPS) is 13.6. The lowest BCUT2D eigenvalue weighted by molar-refractivity contribution is -0.141. The summed E-state index contributed by atoms with van der Waals surface area (Å²) in [4.78, 5) is 0. The van der Waals surface area contributed by atoms with Crippen molar-refractivity contribution >= 4 is 0 Å². The molecule has 0 saturated heterocycles. The van der Waals surface area contributed by atoms with E-state index in [2.05, 4.69) is 41.2 Å². The standard InChI is InChI=1S/C16H23F3N4/c1-9-10(20-23-13(9)14(2,3)4)8-15(5,6)11-7-12(22-21-11)16(17,18)19/h7H,8H2,1-6H3,(H,20,23)(H,21,22). The van der Waals surface area contributed by atoms with Crippen molar-refractivity contribution in [2.45, 2.75) is 65.0 Å². The topological polar surface area (TPSA) is 57.4 Å². The number of hydrogen-bond donors (Lipinski definition) is 2. The lowest BCUT2D eigenvalue weighted by Gasteiger charge is -2.22. The zero-order valence-corrected chi connectivity index (χ0v) is 14.3. The summed E-state index contributed by atoms with van der Waals surface area (Å²) in [6.07, 6.45) is -3.88. The van der Waals surface area contributed by atoms with E-state index < -0.39 is 17.3 Å². The maximum Gasteiger partial charge on any atom is 0.432 e. The molecule has 0 atom stereocenters. The Morgan fingerprint density at radius 2 is 1.61 bits per heavy atom. The van der Waals surface area contributed by atoms with Gasteiger partial charge in [-0.25, -0.2) is 0 Å². The third-order valence-corrected chi connectivity index (χ3v) is 4.02. The third kappa shape index (κ3) is 3.59. The van der Waals surface area contributed by atoms with Crippen LogP contribution in [0.4, 0.5) is 13.2 Å². The molecule has 0 aliphatic rings. The predicted octanol–water partition coefficient (Wildman–Crippen LogP) is 4.28. The highest BCUT2D eigenvalue weighted by molar-refractivity contribution is 5.31. The van der Waals surface area contributed by atoms with E-state index in [1.807, 2.05) is 20.8 Å². The first-order valence-electron chi connectivity index (χ1n) is 7.50. The summed E-state index contributed by atoms with van der Waals surface area (Å²) in [7, 11) is 0. The summed E-state index contributed by atoms with van der Waals surface area (Å²) in [5.41, 5.74) is 1.88. The number of aromatic amines is 2. The van der Waals surface area contributed by atoms with Crippen molar-refractivity contribution in [1.82, 2.24) is 20.4 Å². The molecule has 2 N–H and O–H groups in total. The summed E-state index contributed by atoms with van der Waals surface area (Å²) in [5.74, 6) is 0. The molecule has 0 aliphatic carbocycles. The van der Waals surface area contributed by atoms with Gasteiger partial charge in [-0.15, -0.1) is 0 Å². The maximum absolute atomic E-state index is 12.7. The molecule has 0 amide bonds. The molecule has 0 spiro atoms. The number of rotatable bonds is 3. The van der Waals surface area contributed by atoms with Crippen LogP contribution in [0.5, 0.6) is 0 Å². The van der Waals surface area contributed by atoms with Crippen LogP contribution in [0.1, 0.15) is 63.0 Å². The SMILES string of the molecule is Cc1c(C(C)(C)C)n[nH]c1CC(C)(C)c1cc(C(F)(F)F)[nH]n1. The van der Waals surface area contributed by atoms with Gasteiger partial charge in [0, 0.05) is 22.9 Å². The minimum atomic E-state index is -4.41. The van der Waals surface area contributed by atoms with Gasteiger partial charge in [-0.1, -0.05) is 34.6 Å². The second-order valence-electron chi connectivity index (χ2n) is 7.65. The molecule has 2 aromatic heterocycles. The van der Waals surface area contributed by atoms with Crippen LogP contribution in [0, 0.1) is 6.92 Å². The van der Waals surface area contributed by atoms with Crippen LogP contribution in [0.3, 0.4) is 0 Å². The van der Waals surface area contributed by atoms with E-state index in [0.29, 0.717) is 12.1 Å². The number of H-pyrrole nitrogens is 2. The quantitative estimate of drug-likeness (QED) is 0.883. The van der Waals surface area contributed by atoms with E-state index in [1.54, 1.807) is 0 Å². The first-order valence-corrected chi connectivity index (χ1v) is 7.50. The molecular formula is C16H23F3N4. The average Bonchev–Trinajstić information content (AvgIpc) is 2.95. The molecule has 0 unspecified atom stereocenters. The second kappa shape index (κ2) is 5.39. The lowest BCUT2D eigenvalue weighted by atomic mass is 9.82. The van der Waals surface area contributed by atoms with Crippen molar-refractivity contribution in [3.63, 3.8) is 0 Å². The van der Waals surface area contributed by atoms with Gasteiger partial charge in [-0.05, 0) is 18.6 Å². The van der Waals surface area contributed by atoms with Crippen LogP contribution in [0.2, 0.25) is 0 Å². The van der Waals surface area contributed by atoms with E-state index in [1.165, 1.54) is 0 Å². The average molecular weight is 328 g/mol. The van der Waals surface area contributed by atoms with Crippen LogP contribution in [-0.4, -0.2) is 20.4 Å². The summed E-state index contributed by atoms with van der Waals surface area (Å²) < 4.78 is 38.2. The third-order valence-electron chi connectivity index (χ3n) is 4.02. The maximum atomic E-state index is 12.7. The highest BCUT2D eigenvalue weighted by atomic mass is 19.4. The number of alkyl halides is 3. The minimum Gasteiger partial charge on any atom is -0.282 e. The molecule has 0 saturated carbocycles. The van der Waals surface area contributed by atoms with Crippen LogP contribution >= 0.6 is 0 Å². The minimum absolute atomic E-state index is 0.0846. The Bertz CT molecular complexity index is 687. The molecule has 2 aromatic rings. The van der Waals surface area contributed by atoms with Crippen molar-refractivity contribution in [3.8, 4) is 0 Å². The van der Waals surface area contributed by atoms with E-state index >= 15 is 0 Å². The molecule has 4 nitrogen and oxygen atoms in total. The van der Waals surface area contributed by atoms with E-state index in [4.69, 9.17) is 0 Å². The van der Waals surface area contributed by atoms with Gasteiger partial charge in [0.2, 0.25) is 0 Å². The molecule has 0 fully saturated rings. The number of aromatic nitrogens is 4. The van der Waals surface area contributed by atoms with Crippen molar-refractivity contribution in [2.75, 3.05) is 0 Å². The van der Waals surface area contributed by atoms with Crippen LogP contribution in [-0.2, 0) is 23.4 Å². The Hall–Kier alpha value is -1.79. The van der Waals surface area contributed by atoms with Gasteiger partial charge in [0.05, 0.1) is 11.4 Å². The van der Waals surface area contributed by atoms with Crippen LogP contribution < -0.4 is 0 Å². The van der Waals surface area contributed by atoms with Crippen LogP contribution in [0.25, 0.3) is 0 Å². The number of nitrogens with one attached hydrogen (secondary N) is 2. The number of hydrogen-bond acceptors (Lipinski definition) is 2. The van der Waals surface area contributed by atoms with Gasteiger partial charge in [-0.2, -0.15) is 23.4 Å². The largest absolute Gasteiger partial charge is 0.432 e. The van der Waals surface area contributed by atoms with Crippen molar-refractivity contribution in [1.29, 1.82) is 0 Å². The molecular weight excluding hydrogens is 305 g/mol. The fourth-order valence-electron chi connectivity index (χ4n) is 2.68. The van der Waals surface area contributed by atoms with Crippen molar-refractivity contribution < 1.29 is 13.2 Å².